The zero-order chi connectivity index (χ0) is 14.9. The van der Waals surface area contributed by atoms with E-state index < -0.39 is 17.5 Å². The topological polar surface area (TPSA) is 92.5 Å². The predicted octanol–water partition coefficient (Wildman–Crippen LogP) is 1.09. The van der Waals surface area contributed by atoms with Crippen molar-refractivity contribution >= 4 is 33.8 Å². The highest BCUT2D eigenvalue weighted by molar-refractivity contribution is 9.10. The molecule has 2 rings (SSSR count). The number of nitrogens with one attached hydrogen (secondary N) is 1. The van der Waals surface area contributed by atoms with Crippen LogP contribution in [0, 0.1) is 0 Å². The van der Waals surface area contributed by atoms with E-state index in [0.29, 0.717) is 5.56 Å². The van der Waals surface area contributed by atoms with Crippen molar-refractivity contribution in [2.45, 2.75) is 18.9 Å². The maximum atomic E-state index is 12.4. The second-order valence-electron chi connectivity index (χ2n) is 4.74. The highest BCUT2D eigenvalue weighted by atomic mass is 79.9. The summed E-state index contributed by atoms with van der Waals surface area (Å²) in [5.41, 5.74) is 4.61. The Kier molecular flexibility index (Phi) is 3.80. The van der Waals surface area contributed by atoms with Crippen LogP contribution in [0.15, 0.2) is 28.7 Å². The number of imide groups is 1. The molecule has 20 heavy (non-hydrogen) atoms. The van der Waals surface area contributed by atoms with E-state index in [4.69, 9.17) is 5.73 Å². The Morgan fingerprint density at radius 2 is 1.95 bits per heavy atom. The van der Waals surface area contributed by atoms with Gasteiger partial charge in [-0.3, -0.25) is 14.5 Å². The van der Waals surface area contributed by atoms with Crippen LogP contribution in [0.25, 0.3) is 0 Å². The summed E-state index contributed by atoms with van der Waals surface area (Å²) in [6, 6.07) is 6.61. The van der Waals surface area contributed by atoms with Gasteiger partial charge in [-0.2, -0.15) is 0 Å². The summed E-state index contributed by atoms with van der Waals surface area (Å²) in [5, 5.41) is 2.66. The van der Waals surface area contributed by atoms with Crippen LogP contribution in [0.5, 0.6) is 0 Å². The maximum Gasteiger partial charge on any atom is 0.325 e. The first-order valence-electron chi connectivity index (χ1n) is 6.03. The standard InChI is InChI=1S/C13H14BrN3O3/c1-13(8-2-4-9(14)5-3-8)11(19)17(12(20)16-13)7-6-10(15)18/h2-5H,6-7H2,1H3,(H2,15,18)(H,16,20)/t13-/m1/s1. The minimum atomic E-state index is -1.12. The van der Waals surface area contributed by atoms with E-state index in [1.807, 2.05) is 0 Å². The quantitative estimate of drug-likeness (QED) is 0.804. The number of halogens is 1. The smallest absolute Gasteiger partial charge is 0.325 e. The van der Waals surface area contributed by atoms with Crippen LogP contribution in [0.4, 0.5) is 4.79 Å². The number of hydrogen-bond acceptors (Lipinski definition) is 3. The van der Waals surface area contributed by atoms with Crippen molar-refractivity contribution in [2.75, 3.05) is 6.54 Å². The van der Waals surface area contributed by atoms with Gasteiger partial charge in [0.2, 0.25) is 5.91 Å². The third-order valence-corrected chi connectivity index (χ3v) is 3.81. The van der Waals surface area contributed by atoms with Crippen molar-refractivity contribution in [1.29, 1.82) is 0 Å². The van der Waals surface area contributed by atoms with Crippen LogP contribution in [-0.4, -0.2) is 29.3 Å². The molecule has 0 bridgehead atoms. The second kappa shape index (κ2) is 5.24. The fraction of sp³-hybridized carbons (Fsp3) is 0.308. The van der Waals surface area contributed by atoms with Crippen LogP contribution in [0.3, 0.4) is 0 Å². The molecule has 7 heteroatoms. The lowest BCUT2D eigenvalue weighted by Gasteiger charge is -2.22. The Morgan fingerprint density at radius 3 is 2.50 bits per heavy atom. The third-order valence-electron chi connectivity index (χ3n) is 3.28. The van der Waals surface area contributed by atoms with Gasteiger partial charge in [0.05, 0.1) is 0 Å². The van der Waals surface area contributed by atoms with Crippen LogP contribution < -0.4 is 11.1 Å². The molecule has 1 fully saturated rings. The molecule has 1 aromatic carbocycles. The van der Waals surface area contributed by atoms with Crippen molar-refractivity contribution in [3.63, 3.8) is 0 Å². The summed E-state index contributed by atoms with van der Waals surface area (Å²) in [4.78, 5) is 36.1. The van der Waals surface area contributed by atoms with Gasteiger partial charge in [0.1, 0.15) is 5.54 Å². The minimum Gasteiger partial charge on any atom is -0.370 e. The summed E-state index contributed by atoms with van der Waals surface area (Å²) >= 11 is 3.32. The van der Waals surface area contributed by atoms with E-state index in [0.717, 1.165) is 9.37 Å². The molecule has 0 unspecified atom stereocenters. The van der Waals surface area contributed by atoms with E-state index in [9.17, 15) is 14.4 Å². The highest BCUT2D eigenvalue weighted by Crippen LogP contribution is 2.29. The molecule has 0 aliphatic carbocycles. The van der Waals surface area contributed by atoms with Gasteiger partial charge in [0.15, 0.2) is 0 Å². The summed E-state index contributed by atoms with van der Waals surface area (Å²) in [6.45, 7) is 1.63. The van der Waals surface area contributed by atoms with Crippen molar-refractivity contribution in [2.24, 2.45) is 5.73 Å². The Morgan fingerprint density at radius 1 is 1.35 bits per heavy atom. The van der Waals surface area contributed by atoms with Crippen LogP contribution in [0.1, 0.15) is 18.9 Å². The summed E-state index contributed by atoms with van der Waals surface area (Å²) < 4.78 is 0.882. The number of nitrogens with two attached hydrogens (primary N) is 1. The predicted molar refractivity (Wildman–Crippen MR) is 75.6 cm³/mol. The number of rotatable bonds is 4. The van der Waals surface area contributed by atoms with Gasteiger partial charge < -0.3 is 11.1 Å². The van der Waals surface area contributed by atoms with Gasteiger partial charge in [-0.25, -0.2) is 4.79 Å². The summed E-state index contributed by atoms with van der Waals surface area (Å²) in [6.07, 6.45) is -0.0461. The van der Waals surface area contributed by atoms with Crippen molar-refractivity contribution in [3.8, 4) is 0 Å². The fourth-order valence-corrected chi connectivity index (χ4v) is 2.37. The number of carbonyl (C=O) groups excluding carboxylic acids is 3. The number of hydrogen-bond donors (Lipinski definition) is 2. The molecule has 1 saturated heterocycles. The van der Waals surface area contributed by atoms with Crippen LogP contribution in [0.2, 0.25) is 0 Å². The number of amides is 4. The molecule has 6 nitrogen and oxygen atoms in total. The molecular weight excluding hydrogens is 326 g/mol. The molecular formula is C13H14BrN3O3. The largest absolute Gasteiger partial charge is 0.370 e. The molecule has 1 aliphatic rings. The molecule has 106 valence electrons. The van der Waals surface area contributed by atoms with Gasteiger partial charge in [0.25, 0.3) is 5.91 Å². The average molecular weight is 340 g/mol. The van der Waals surface area contributed by atoms with Crippen LogP contribution >= 0.6 is 15.9 Å². The lowest BCUT2D eigenvalue weighted by molar-refractivity contribution is -0.131. The number of carbonyl (C=O) groups is 3. The fourth-order valence-electron chi connectivity index (χ4n) is 2.10. The van der Waals surface area contributed by atoms with Crippen molar-refractivity contribution < 1.29 is 14.4 Å². The Labute approximate surface area is 124 Å². The van der Waals surface area contributed by atoms with E-state index in [1.54, 1.807) is 31.2 Å². The Balaban J connectivity index is 2.25. The Hall–Kier alpha value is -1.89. The van der Waals surface area contributed by atoms with Gasteiger partial charge in [0, 0.05) is 17.4 Å². The number of urea groups is 1. The lowest BCUT2D eigenvalue weighted by atomic mass is 9.92. The van der Waals surface area contributed by atoms with Crippen molar-refractivity contribution in [1.82, 2.24) is 10.2 Å². The number of benzene rings is 1. The lowest BCUT2D eigenvalue weighted by Crippen LogP contribution is -2.41. The van der Waals surface area contributed by atoms with E-state index in [1.165, 1.54) is 0 Å². The molecule has 0 aromatic heterocycles. The van der Waals surface area contributed by atoms with Crippen molar-refractivity contribution in [3.05, 3.63) is 34.3 Å². The molecule has 0 spiro atoms. The third kappa shape index (κ3) is 2.53. The van der Waals surface area contributed by atoms with E-state index >= 15 is 0 Å². The second-order valence-corrected chi connectivity index (χ2v) is 5.65. The van der Waals surface area contributed by atoms with Crippen LogP contribution in [-0.2, 0) is 15.1 Å². The molecule has 1 aliphatic heterocycles. The first kappa shape index (κ1) is 14.5. The first-order valence-corrected chi connectivity index (χ1v) is 6.82. The molecule has 3 N–H and O–H groups in total. The van der Waals surface area contributed by atoms with Gasteiger partial charge in [-0.15, -0.1) is 0 Å². The summed E-state index contributed by atoms with van der Waals surface area (Å²) in [5.74, 6) is -0.936. The minimum absolute atomic E-state index is 0.00782. The molecule has 1 heterocycles. The zero-order valence-electron chi connectivity index (χ0n) is 10.9. The zero-order valence-corrected chi connectivity index (χ0v) is 12.4. The maximum absolute atomic E-state index is 12.4. The normalized spacial score (nSPS) is 22.0. The monoisotopic (exact) mass is 339 g/mol. The van der Waals surface area contributed by atoms with Gasteiger partial charge in [-0.05, 0) is 24.6 Å². The Bertz CT molecular complexity index is 573. The first-order chi connectivity index (χ1) is 9.34. The molecule has 0 radical (unpaired) electrons. The van der Waals surface area contributed by atoms with Gasteiger partial charge >= 0.3 is 6.03 Å². The molecule has 1 aromatic rings. The number of nitrogens with zero attached hydrogens (tertiary/aromatic N) is 1. The van der Waals surface area contributed by atoms with Gasteiger partial charge in [-0.1, -0.05) is 28.1 Å². The summed E-state index contributed by atoms with van der Waals surface area (Å²) in [7, 11) is 0. The molecule has 4 amide bonds. The molecule has 0 saturated carbocycles. The average Bonchev–Trinajstić information content (AvgIpc) is 2.59. The molecule has 1 atom stereocenters. The van der Waals surface area contributed by atoms with E-state index in [2.05, 4.69) is 21.2 Å². The van der Waals surface area contributed by atoms with E-state index in [-0.39, 0.29) is 18.9 Å². The highest BCUT2D eigenvalue weighted by Gasteiger charge is 2.48. The SMILES string of the molecule is C[C@]1(c2ccc(Br)cc2)NC(=O)N(CCC(N)=O)C1=O. The number of primary amides is 1.